The number of carbonyl (C=O) groups excluding carboxylic acids is 1. The largest absolute Gasteiger partial charge is 0.494 e. The molecule has 0 saturated heterocycles. The molecule has 9 nitrogen and oxygen atoms in total. The van der Waals surface area contributed by atoms with E-state index in [1.54, 1.807) is 48.5 Å². The Bertz CT molecular complexity index is 1730. The third-order valence-electron chi connectivity index (χ3n) is 5.92. The third kappa shape index (κ3) is 7.77. The van der Waals surface area contributed by atoms with Crippen molar-refractivity contribution in [1.29, 1.82) is 0 Å². The van der Waals surface area contributed by atoms with Crippen LogP contribution in [0.5, 0.6) is 5.75 Å². The Balaban J connectivity index is 1.53. The number of ether oxygens (including phenoxy) is 1. The topological polar surface area (TPSA) is 122 Å². The maximum absolute atomic E-state index is 13.7. The number of halogens is 1. The van der Waals surface area contributed by atoms with Crippen molar-refractivity contribution in [2.24, 2.45) is 0 Å². The smallest absolute Gasteiger partial charge is 0.264 e. The van der Waals surface area contributed by atoms with Gasteiger partial charge in [0.05, 0.1) is 22.1 Å². The standard InChI is InChI=1S/C29H28ClN3O6S3/c1-3-39-25-12-10-24(11-13-25)33(42(37,38)28-18-14-26(40-2)15-19-28)20-29(34)31-22-8-16-27(17-9-22)41(35,36)32-23-6-4-21(30)5-7-23/h4-19,32H,3,20H2,1-2H3,(H,31,34). The van der Waals surface area contributed by atoms with Gasteiger partial charge in [-0.25, -0.2) is 16.8 Å². The molecule has 42 heavy (non-hydrogen) atoms. The van der Waals surface area contributed by atoms with E-state index in [2.05, 4.69) is 10.0 Å². The minimum Gasteiger partial charge on any atom is -0.494 e. The van der Waals surface area contributed by atoms with E-state index >= 15 is 0 Å². The molecule has 0 spiro atoms. The van der Waals surface area contributed by atoms with Gasteiger partial charge in [-0.3, -0.25) is 13.8 Å². The van der Waals surface area contributed by atoms with Gasteiger partial charge in [0.25, 0.3) is 20.0 Å². The number of sulfonamides is 2. The van der Waals surface area contributed by atoms with Crippen molar-refractivity contribution in [2.75, 3.05) is 33.8 Å². The molecule has 0 radical (unpaired) electrons. The van der Waals surface area contributed by atoms with Gasteiger partial charge in [0.1, 0.15) is 12.3 Å². The predicted molar refractivity (Wildman–Crippen MR) is 168 cm³/mol. The fraction of sp³-hybridized carbons (Fsp3) is 0.138. The molecule has 0 atom stereocenters. The molecule has 4 rings (SSSR count). The van der Waals surface area contributed by atoms with Crippen molar-refractivity contribution in [2.45, 2.75) is 21.6 Å². The lowest BCUT2D eigenvalue weighted by atomic mass is 10.3. The van der Waals surface area contributed by atoms with Crippen LogP contribution in [0.2, 0.25) is 5.02 Å². The highest BCUT2D eigenvalue weighted by molar-refractivity contribution is 7.98. The minimum atomic E-state index is -4.12. The first kappa shape index (κ1) is 31.2. The molecule has 1 amide bonds. The van der Waals surface area contributed by atoms with Gasteiger partial charge in [-0.05, 0) is 110 Å². The Morgan fingerprint density at radius 2 is 1.38 bits per heavy atom. The molecule has 13 heteroatoms. The molecular formula is C29H28ClN3O6S3. The van der Waals surface area contributed by atoms with Crippen LogP contribution in [0.1, 0.15) is 6.92 Å². The fourth-order valence-electron chi connectivity index (χ4n) is 3.85. The normalized spacial score (nSPS) is 11.5. The summed E-state index contributed by atoms with van der Waals surface area (Å²) in [6.07, 6.45) is 1.89. The van der Waals surface area contributed by atoms with Gasteiger partial charge in [0.15, 0.2) is 0 Å². The quantitative estimate of drug-likeness (QED) is 0.179. The lowest BCUT2D eigenvalue weighted by molar-refractivity contribution is -0.114. The highest BCUT2D eigenvalue weighted by atomic mass is 35.5. The number of benzene rings is 4. The number of thioether (sulfide) groups is 1. The van der Waals surface area contributed by atoms with Crippen molar-refractivity contribution < 1.29 is 26.4 Å². The number of carbonyl (C=O) groups is 1. The first-order valence-corrected chi connectivity index (χ1v) is 17.1. The van der Waals surface area contributed by atoms with Gasteiger partial charge < -0.3 is 10.1 Å². The minimum absolute atomic E-state index is 0.0252. The maximum Gasteiger partial charge on any atom is 0.264 e. The summed E-state index contributed by atoms with van der Waals surface area (Å²) in [4.78, 5) is 14.0. The summed E-state index contributed by atoms with van der Waals surface area (Å²) in [5.74, 6) is -0.0592. The Kier molecular flexibility index (Phi) is 10.0. The van der Waals surface area contributed by atoms with Crippen LogP contribution in [0.4, 0.5) is 17.1 Å². The molecule has 220 valence electrons. The Morgan fingerprint density at radius 3 is 1.95 bits per heavy atom. The number of hydrogen-bond donors (Lipinski definition) is 2. The summed E-state index contributed by atoms with van der Waals surface area (Å²) in [5.41, 5.74) is 0.909. The number of anilines is 3. The van der Waals surface area contributed by atoms with E-state index in [1.165, 1.54) is 60.3 Å². The first-order chi connectivity index (χ1) is 20.0. The van der Waals surface area contributed by atoms with Crippen LogP contribution in [0.15, 0.2) is 112 Å². The average molecular weight is 646 g/mol. The summed E-state index contributed by atoms with van der Waals surface area (Å²) < 4.78 is 61.8. The van der Waals surface area contributed by atoms with E-state index in [0.717, 1.165) is 9.20 Å². The van der Waals surface area contributed by atoms with Crippen molar-refractivity contribution in [3.8, 4) is 5.75 Å². The summed E-state index contributed by atoms with van der Waals surface area (Å²) in [6, 6.07) is 24.5. The average Bonchev–Trinajstić information content (AvgIpc) is 2.98. The lowest BCUT2D eigenvalue weighted by Crippen LogP contribution is -2.38. The van der Waals surface area contributed by atoms with Crippen molar-refractivity contribution in [3.63, 3.8) is 0 Å². The zero-order valence-electron chi connectivity index (χ0n) is 22.7. The van der Waals surface area contributed by atoms with Crippen molar-refractivity contribution in [3.05, 3.63) is 102 Å². The second kappa shape index (κ2) is 13.5. The van der Waals surface area contributed by atoms with Crippen LogP contribution in [-0.2, 0) is 24.8 Å². The molecule has 0 fully saturated rings. The summed E-state index contributed by atoms with van der Waals surface area (Å²) in [7, 11) is -8.02. The maximum atomic E-state index is 13.7. The Morgan fingerprint density at radius 1 is 0.810 bits per heavy atom. The summed E-state index contributed by atoms with van der Waals surface area (Å²) in [5, 5.41) is 3.12. The van der Waals surface area contributed by atoms with Gasteiger partial charge in [-0.1, -0.05) is 11.6 Å². The Labute approximate surface area is 255 Å². The van der Waals surface area contributed by atoms with Crippen LogP contribution in [0.25, 0.3) is 0 Å². The molecule has 0 bridgehead atoms. The SMILES string of the molecule is CCOc1ccc(N(CC(=O)Nc2ccc(S(=O)(=O)Nc3ccc(Cl)cc3)cc2)S(=O)(=O)c2ccc(SC)cc2)cc1. The number of nitrogens with one attached hydrogen (secondary N) is 2. The molecule has 4 aromatic rings. The number of amides is 1. The molecule has 4 aromatic carbocycles. The van der Waals surface area contributed by atoms with Crippen LogP contribution >= 0.6 is 23.4 Å². The molecule has 0 heterocycles. The first-order valence-electron chi connectivity index (χ1n) is 12.6. The van der Waals surface area contributed by atoms with E-state index in [4.69, 9.17) is 16.3 Å². The fourth-order valence-corrected chi connectivity index (χ4v) is 6.86. The number of nitrogens with zero attached hydrogens (tertiary/aromatic N) is 1. The molecule has 0 saturated carbocycles. The van der Waals surface area contributed by atoms with E-state index in [-0.39, 0.29) is 15.5 Å². The third-order valence-corrected chi connectivity index (χ3v) is 10.1. The van der Waals surface area contributed by atoms with Crippen molar-refractivity contribution in [1.82, 2.24) is 0 Å². The summed E-state index contributed by atoms with van der Waals surface area (Å²) in [6.45, 7) is 1.76. The molecule has 2 N–H and O–H groups in total. The van der Waals surface area contributed by atoms with Crippen LogP contribution < -0.4 is 19.1 Å². The highest BCUT2D eigenvalue weighted by Crippen LogP contribution is 2.28. The van der Waals surface area contributed by atoms with Crippen molar-refractivity contribution >= 4 is 66.4 Å². The van der Waals surface area contributed by atoms with E-state index in [0.29, 0.717) is 28.8 Å². The molecule has 0 unspecified atom stereocenters. The van der Waals surface area contributed by atoms with E-state index < -0.39 is 32.5 Å². The zero-order chi connectivity index (χ0) is 30.3. The number of rotatable bonds is 12. The Hall–Kier alpha value is -3.71. The van der Waals surface area contributed by atoms with E-state index in [9.17, 15) is 21.6 Å². The second-order valence-electron chi connectivity index (χ2n) is 8.80. The van der Waals surface area contributed by atoms with Gasteiger partial charge in [-0.2, -0.15) is 0 Å². The molecule has 0 aliphatic carbocycles. The second-order valence-corrected chi connectivity index (χ2v) is 13.7. The summed E-state index contributed by atoms with van der Waals surface area (Å²) >= 11 is 7.34. The van der Waals surface area contributed by atoms with Crippen LogP contribution in [0, 0.1) is 0 Å². The van der Waals surface area contributed by atoms with Crippen LogP contribution in [-0.4, -0.2) is 42.2 Å². The molecule has 0 aliphatic rings. The van der Waals surface area contributed by atoms with Gasteiger partial charge in [0.2, 0.25) is 5.91 Å². The van der Waals surface area contributed by atoms with E-state index in [1.807, 2.05) is 13.2 Å². The van der Waals surface area contributed by atoms with Gasteiger partial charge in [0, 0.05) is 21.3 Å². The lowest BCUT2D eigenvalue weighted by Gasteiger charge is -2.24. The van der Waals surface area contributed by atoms with Gasteiger partial charge in [-0.15, -0.1) is 11.8 Å². The monoisotopic (exact) mass is 645 g/mol. The zero-order valence-corrected chi connectivity index (χ0v) is 25.9. The molecule has 0 aliphatic heterocycles. The predicted octanol–water partition coefficient (Wildman–Crippen LogP) is 6.10. The number of hydrogen-bond acceptors (Lipinski definition) is 7. The molecule has 0 aromatic heterocycles. The molecular weight excluding hydrogens is 618 g/mol. The highest BCUT2D eigenvalue weighted by Gasteiger charge is 2.27. The van der Waals surface area contributed by atoms with Gasteiger partial charge >= 0.3 is 0 Å². The van der Waals surface area contributed by atoms with Crippen LogP contribution in [0.3, 0.4) is 0 Å².